The summed E-state index contributed by atoms with van der Waals surface area (Å²) in [5, 5.41) is 3.02. The molecule has 224 valence electrons. The Kier molecular flexibility index (Phi) is 10.4. The van der Waals surface area contributed by atoms with Crippen LogP contribution < -0.4 is 5.32 Å². The van der Waals surface area contributed by atoms with Crippen LogP contribution in [0.4, 0.5) is 0 Å². The maximum Gasteiger partial charge on any atom is 0.226 e. The van der Waals surface area contributed by atoms with Gasteiger partial charge in [0, 0.05) is 36.8 Å². The molecule has 4 fully saturated rings. The highest BCUT2D eigenvalue weighted by Crippen LogP contribution is 2.39. The summed E-state index contributed by atoms with van der Waals surface area (Å²) in [5.74, 6) is 1.63. The van der Waals surface area contributed by atoms with E-state index in [1.54, 1.807) is 6.92 Å². The second-order valence-corrected chi connectivity index (χ2v) is 16.3. The van der Waals surface area contributed by atoms with E-state index in [0.717, 1.165) is 76.7 Å². The zero-order chi connectivity index (χ0) is 28.2. The Balaban J connectivity index is 1.28. The maximum absolute atomic E-state index is 14.1. The topological polar surface area (TPSA) is 92.8 Å². The van der Waals surface area contributed by atoms with Crippen molar-refractivity contribution in [3.05, 3.63) is 0 Å². The standard InChI is InChI=1S/C31H54N2O5S/c1-5-39(36,37)27-18-10-23(11-19-27)21-29(34)32-25-14-12-24(13-15-25)30(35)33(26-16-8-22(2)9-17-26)31(3,4)28-7-6-20-38-28/h22-28H,5-21H2,1-4H3,(H,32,34). The third kappa shape index (κ3) is 7.58. The Morgan fingerprint density at radius 3 is 2.10 bits per heavy atom. The van der Waals surface area contributed by atoms with Crippen molar-refractivity contribution in [2.75, 3.05) is 12.4 Å². The summed E-state index contributed by atoms with van der Waals surface area (Å²) in [7, 11) is -2.98. The van der Waals surface area contributed by atoms with Gasteiger partial charge in [-0.15, -0.1) is 0 Å². The van der Waals surface area contributed by atoms with Crippen LogP contribution in [0.25, 0.3) is 0 Å². The van der Waals surface area contributed by atoms with E-state index in [1.165, 1.54) is 12.8 Å². The summed E-state index contributed by atoms with van der Waals surface area (Å²) in [6, 6.07) is 0.432. The van der Waals surface area contributed by atoms with Gasteiger partial charge in [-0.1, -0.05) is 13.8 Å². The molecular formula is C31H54N2O5S. The van der Waals surface area contributed by atoms with Gasteiger partial charge in [0.1, 0.15) is 0 Å². The fraction of sp³-hybridized carbons (Fsp3) is 0.935. The molecule has 1 atom stereocenters. The van der Waals surface area contributed by atoms with E-state index < -0.39 is 9.84 Å². The number of carbonyl (C=O) groups excluding carboxylic acids is 2. The van der Waals surface area contributed by atoms with Gasteiger partial charge in [0.05, 0.1) is 16.9 Å². The molecule has 8 heteroatoms. The first-order valence-electron chi connectivity index (χ1n) is 16.0. The predicted octanol–water partition coefficient (Wildman–Crippen LogP) is 5.41. The fourth-order valence-corrected chi connectivity index (χ4v) is 9.35. The van der Waals surface area contributed by atoms with E-state index in [2.05, 4.69) is 31.0 Å². The van der Waals surface area contributed by atoms with Crippen molar-refractivity contribution in [3.8, 4) is 0 Å². The first-order valence-corrected chi connectivity index (χ1v) is 17.7. The lowest BCUT2D eigenvalue weighted by Gasteiger charge is -2.50. The average Bonchev–Trinajstić information content (AvgIpc) is 3.47. The number of sulfone groups is 1. The van der Waals surface area contributed by atoms with Crippen LogP contribution in [0.3, 0.4) is 0 Å². The smallest absolute Gasteiger partial charge is 0.226 e. The van der Waals surface area contributed by atoms with Crippen LogP contribution >= 0.6 is 0 Å². The van der Waals surface area contributed by atoms with Crippen molar-refractivity contribution >= 4 is 21.7 Å². The number of ether oxygens (including phenoxy) is 1. The second-order valence-electron chi connectivity index (χ2n) is 13.7. The van der Waals surface area contributed by atoms with Crippen molar-refractivity contribution < 1.29 is 22.7 Å². The molecule has 2 amide bonds. The maximum atomic E-state index is 14.1. The normalized spacial score (nSPS) is 34.4. The molecule has 0 aromatic carbocycles. The van der Waals surface area contributed by atoms with Gasteiger partial charge in [-0.05, 0) is 116 Å². The molecule has 3 saturated carbocycles. The van der Waals surface area contributed by atoms with Gasteiger partial charge in [0.2, 0.25) is 11.8 Å². The molecule has 0 bridgehead atoms. The van der Waals surface area contributed by atoms with Gasteiger partial charge >= 0.3 is 0 Å². The minimum Gasteiger partial charge on any atom is -0.376 e. The molecule has 1 unspecified atom stereocenters. The van der Waals surface area contributed by atoms with E-state index in [4.69, 9.17) is 4.74 Å². The summed E-state index contributed by atoms with van der Waals surface area (Å²) in [6.45, 7) is 9.27. The highest BCUT2D eigenvalue weighted by molar-refractivity contribution is 7.92. The second kappa shape index (κ2) is 13.2. The van der Waals surface area contributed by atoms with E-state index in [9.17, 15) is 18.0 Å². The van der Waals surface area contributed by atoms with E-state index in [0.29, 0.717) is 31.2 Å². The van der Waals surface area contributed by atoms with Gasteiger partial charge in [0.15, 0.2) is 9.84 Å². The quantitative estimate of drug-likeness (QED) is 0.403. The van der Waals surface area contributed by atoms with Gasteiger partial charge in [-0.25, -0.2) is 8.42 Å². The molecule has 7 nitrogen and oxygen atoms in total. The number of carbonyl (C=O) groups is 2. The zero-order valence-electron chi connectivity index (χ0n) is 25.0. The lowest BCUT2D eigenvalue weighted by molar-refractivity contribution is -0.153. The van der Waals surface area contributed by atoms with Gasteiger partial charge in [-0.3, -0.25) is 9.59 Å². The van der Waals surface area contributed by atoms with Crippen LogP contribution in [-0.2, 0) is 24.2 Å². The van der Waals surface area contributed by atoms with Gasteiger partial charge < -0.3 is 15.0 Å². The summed E-state index contributed by atoms with van der Waals surface area (Å²) < 4.78 is 30.5. The van der Waals surface area contributed by atoms with Crippen LogP contribution in [0.2, 0.25) is 0 Å². The highest BCUT2D eigenvalue weighted by Gasteiger charge is 2.46. The molecule has 0 spiro atoms. The number of hydrogen-bond acceptors (Lipinski definition) is 5. The molecule has 3 aliphatic carbocycles. The third-order valence-corrected chi connectivity index (χ3v) is 12.8. The van der Waals surface area contributed by atoms with Crippen LogP contribution in [0, 0.1) is 17.8 Å². The SMILES string of the molecule is CCS(=O)(=O)C1CCC(CC(=O)NC2CCC(C(=O)N(C3CCC(C)CC3)C(C)(C)C3CCCO3)CC2)CC1. The average molecular weight is 567 g/mol. The van der Waals surface area contributed by atoms with Crippen LogP contribution in [0.5, 0.6) is 0 Å². The Bertz CT molecular complexity index is 921. The summed E-state index contributed by atoms with van der Waals surface area (Å²) in [4.78, 5) is 29.2. The van der Waals surface area contributed by atoms with Gasteiger partial charge in [0.25, 0.3) is 0 Å². The Morgan fingerprint density at radius 2 is 1.54 bits per heavy atom. The number of nitrogens with one attached hydrogen (secondary N) is 1. The number of nitrogens with zero attached hydrogens (tertiary/aromatic N) is 1. The molecule has 0 radical (unpaired) electrons. The molecule has 1 saturated heterocycles. The van der Waals surface area contributed by atoms with Crippen molar-refractivity contribution in [1.29, 1.82) is 0 Å². The zero-order valence-corrected chi connectivity index (χ0v) is 25.8. The minimum atomic E-state index is -2.98. The number of hydrogen-bond donors (Lipinski definition) is 1. The molecule has 4 rings (SSSR count). The van der Waals surface area contributed by atoms with Crippen molar-refractivity contribution in [2.45, 2.75) is 153 Å². The third-order valence-electron chi connectivity index (χ3n) is 10.5. The molecule has 1 heterocycles. The van der Waals surface area contributed by atoms with Crippen molar-refractivity contribution in [1.82, 2.24) is 10.2 Å². The summed E-state index contributed by atoms with van der Waals surface area (Å²) in [5.41, 5.74) is -0.306. The molecule has 1 aliphatic heterocycles. The molecule has 1 N–H and O–H groups in total. The largest absolute Gasteiger partial charge is 0.376 e. The molecule has 0 aromatic heterocycles. The molecular weight excluding hydrogens is 512 g/mol. The molecule has 4 aliphatic rings. The van der Waals surface area contributed by atoms with E-state index >= 15 is 0 Å². The molecule has 0 aromatic rings. The molecule has 39 heavy (non-hydrogen) atoms. The van der Waals surface area contributed by atoms with Crippen LogP contribution in [0.15, 0.2) is 0 Å². The summed E-state index contributed by atoms with van der Waals surface area (Å²) in [6.07, 6.45) is 13.6. The van der Waals surface area contributed by atoms with Crippen LogP contribution in [-0.4, -0.2) is 66.5 Å². The Hall–Kier alpha value is -1.15. The summed E-state index contributed by atoms with van der Waals surface area (Å²) >= 11 is 0. The predicted molar refractivity (Wildman–Crippen MR) is 155 cm³/mol. The monoisotopic (exact) mass is 566 g/mol. The Labute approximate surface area is 237 Å². The van der Waals surface area contributed by atoms with Crippen molar-refractivity contribution in [2.24, 2.45) is 17.8 Å². The lowest BCUT2D eigenvalue weighted by atomic mass is 9.79. The van der Waals surface area contributed by atoms with E-state index in [1.807, 2.05) is 0 Å². The van der Waals surface area contributed by atoms with E-state index in [-0.39, 0.29) is 46.4 Å². The number of rotatable bonds is 9. The Morgan fingerprint density at radius 1 is 0.897 bits per heavy atom. The number of amides is 2. The fourth-order valence-electron chi connectivity index (χ4n) is 7.89. The highest BCUT2D eigenvalue weighted by atomic mass is 32.2. The van der Waals surface area contributed by atoms with Gasteiger partial charge in [-0.2, -0.15) is 0 Å². The lowest BCUT2D eigenvalue weighted by Crippen LogP contribution is -2.61. The van der Waals surface area contributed by atoms with Crippen LogP contribution in [0.1, 0.15) is 124 Å². The van der Waals surface area contributed by atoms with Crippen molar-refractivity contribution in [3.63, 3.8) is 0 Å². The minimum absolute atomic E-state index is 0.0222. The first-order chi connectivity index (χ1) is 18.5. The first kappa shape index (κ1) is 30.8.